The molecule has 22 heavy (non-hydrogen) atoms. The van der Waals surface area contributed by atoms with Crippen LogP contribution in [0.5, 0.6) is 0 Å². The molecule has 0 aliphatic rings. The minimum Gasteiger partial charge on any atom is -0.266 e. The fraction of sp³-hybridized carbons (Fsp3) is 0.571. The Balaban J connectivity index is 3.40. The van der Waals surface area contributed by atoms with E-state index in [9.17, 15) is 16.8 Å². The summed E-state index contributed by atoms with van der Waals surface area (Å²) in [7, 11) is -8.30. The van der Waals surface area contributed by atoms with Gasteiger partial charge in [-0.3, -0.25) is 8.37 Å². The molecule has 0 saturated carbocycles. The third kappa shape index (κ3) is 4.77. The van der Waals surface area contributed by atoms with Crippen LogP contribution in [0.15, 0.2) is 28.0 Å². The summed E-state index contributed by atoms with van der Waals surface area (Å²) in [5, 5.41) is 0. The van der Waals surface area contributed by atoms with E-state index in [1.165, 1.54) is 12.1 Å². The Morgan fingerprint density at radius 3 is 1.77 bits per heavy atom. The first kappa shape index (κ1) is 19.1. The normalized spacial score (nSPS) is 12.5. The predicted molar refractivity (Wildman–Crippen MR) is 82.7 cm³/mol. The van der Waals surface area contributed by atoms with Crippen molar-refractivity contribution < 1.29 is 25.2 Å². The Bertz CT molecular complexity index is 692. The quantitative estimate of drug-likeness (QED) is 0.636. The lowest BCUT2D eigenvalue weighted by Crippen LogP contribution is -2.15. The number of hydrogen-bond acceptors (Lipinski definition) is 6. The van der Waals surface area contributed by atoms with Crippen molar-refractivity contribution in [2.75, 3.05) is 13.2 Å². The summed E-state index contributed by atoms with van der Waals surface area (Å²) in [5.74, 6) is 0. The van der Waals surface area contributed by atoms with Gasteiger partial charge >= 0.3 is 0 Å². The van der Waals surface area contributed by atoms with Crippen molar-refractivity contribution in [3.8, 4) is 0 Å². The highest BCUT2D eigenvalue weighted by Gasteiger charge is 2.28. The third-order valence-electron chi connectivity index (χ3n) is 2.84. The van der Waals surface area contributed by atoms with Crippen LogP contribution in [0.2, 0.25) is 0 Å². The molecular weight excluding hydrogens is 328 g/mol. The zero-order chi connectivity index (χ0) is 16.8. The summed E-state index contributed by atoms with van der Waals surface area (Å²) in [5.41, 5.74) is 0.702. The van der Waals surface area contributed by atoms with Crippen LogP contribution in [0.1, 0.15) is 39.2 Å². The first-order chi connectivity index (χ1) is 10.3. The average molecular weight is 350 g/mol. The maximum Gasteiger partial charge on any atom is 0.298 e. The van der Waals surface area contributed by atoms with Crippen LogP contribution >= 0.6 is 0 Å². The highest BCUT2D eigenvalue weighted by atomic mass is 32.2. The minimum absolute atomic E-state index is 0.00596. The maximum atomic E-state index is 12.3. The fourth-order valence-corrected chi connectivity index (χ4v) is 4.48. The summed E-state index contributed by atoms with van der Waals surface area (Å²) in [4.78, 5) is -0.745. The SMILES string of the molecule is CCCOS(=O)(=O)c1ccc(CC)cc1S(=O)(=O)OCCC. The van der Waals surface area contributed by atoms with Crippen LogP contribution in [0, 0.1) is 0 Å². The predicted octanol–water partition coefficient (Wildman–Crippen LogP) is 2.48. The van der Waals surface area contributed by atoms with Gasteiger partial charge < -0.3 is 0 Å². The Kier molecular flexibility index (Phi) is 6.98. The first-order valence-electron chi connectivity index (χ1n) is 7.20. The molecular formula is C14H22O6S2. The van der Waals surface area contributed by atoms with Gasteiger partial charge in [-0.2, -0.15) is 16.8 Å². The van der Waals surface area contributed by atoms with Gasteiger partial charge in [0, 0.05) is 0 Å². The smallest absolute Gasteiger partial charge is 0.266 e. The van der Waals surface area contributed by atoms with Gasteiger partial charge in [-0.1, -0.05) is 26.8 Å². The van der Waals surface area contributed by atoms with Crippen molar-refractivity contribution in [3.05, 3.63) is 23.8 Å². The van der Waals surface area contributed by atoms with Crippen LogP contribution in [-0.4, -0.2) is 30.0 Å². The zero-order valence-corrected chi connectivity index (χ0v) is 14.7. The standard InChI is InChI=1S/C14H22O6S2/c1-4-9-19-21(15,16)13-8-7-12(6-3)11-14(13)22(17,18)20-10-5-2/h7-8,11H,4-6,9-10H2,1-3H3. The number of hydrogen-bond donors (Lipinski definition) is 0. The maximum absolute atomic E-state index is 12.3. The molecule has 0 aliphatic carbocycles. The van der Waals surface area contributed by atoms with Gasteiger partial charge in [0.1, 0.15) is 9.79 Å². The van der Waals surface area contributed by atoms with Crippen LogP contribution in [0.3, 0.4) is 0 Å². The van der Waals surface area contributed by atoms with E-state index in [0.29, 0.717) is 24.8 Å². The second-order valence-electron chi connectivity index (χ2n) is 4.69. The van der Waals surface area contributed by atoms with Gasteiger partial charge in [0.05, 0.1) is 13.2 Å². The minimum atomic E-state index is -4.15. The van der Waals surface area contributed by atoms with Crippen molar-refractivity contribution >= 4 is 20.2 Å². The Morgan fingerprint density at radius 1 is 0.818 bits per heavy atom. The molecule has 0 N–H and O–H groups in total. The highest BCUT2D eigenvalue weighted by Crippen LogP contribution is 2.26. The van der Waals surface area contributed by atoms with E-state index >= 15 is 0 Å². The lowest BCUT2D eigenvalue weighted by molar-refractivity contribution is 0.309. The average Bonchev–Trinajstić information content (AvgIpc) is 2.50. The van der Waals surface area contributed by atoms with Crippen LogP contribution < -0.4 is 0 Å². The molecule has 0 unspecified atom stereocenters. The van der Waals surface area contributed by atoms with Crippen molar-refractivity contribution in [2.24, 2.45) is 0 Å². The monoisotopic (exact) mass is 350 g/mol. The van der Waals surface area contributed by atoms with E-state index in [1.807, 2.05) is 6.92 Å². The largest absolute Gasteiger partial charge is 0.298 e. The molecule has 0 saturated heterocycles. The first-order valence-corrected chi connectivity index (χ1v) is 10.0. The summed E-state index contributed by atoms with van der Waals surface area (Å²) in [6.07, 6.45) is 1.58. The van der Waals surface area contributed by atoms with Gasteiger partial charge in [0.15, 0.2) is 0 Å². The van der Waals surface area contributed by atoms with Gasteiger partial charge in [-0.15, -0.1) is 0 Å². The topological polar surface area (TPSA) is 86.7 Å². The van der Waals surface area contributed by atoms with Crippen LogP contribution in [-0.2, 0) is 35.0 Å². The molecule has 0 amide bonds. The molecule has 0 bridgehead atoms. The van der Waals surface area contributed by atoms with E-state index < -0.39 is 20.2 Å². The molecule has 0 spiro atoms. The Labute approximate surface area is 132 Å². The summed E-state index contributed by atoms with van der Waals surface area (Å²) >= 11 is 0. The number of rotatable bonds is 9. The third-order valence-corrected chi connectivity index (χ3v) is 5.69. The molecule has 0 aromatic heterocycles. The lowest BCUT2D eigenvalue weighted by atomic mass is 10.2. The van der Waals surface area contributed by atoms with Crippen molar-refractivity contribution in [2.45, 2.75) is 49.8 Å². The van der Waals surface area contributed by atoms with E-state index in [0.717, 1.165) is 0 Å². The Hall–Kier alpha value is -0.960. The van der Waals surface area contributed by atoms with Gasteiger partial charge in [-0.25, -0.2) is 0 Å². The van der Waals surface area contributed by atoms with Crippen molar-refractivity contribution in [1.29, 1.82) is 0 Å². The number of benzene rings is 1. The molecule has 126 valence electrons. The molecule has 1 aromatic carbocycles. The molecule has 8 heteroatoms. The number of aryl methyl sites for hydroxylation is 1. The zero-order valence-electron chi connectivity index (χ0n) is 13.0. The highest BCUT2D eigenvalue weighted by molar-refractivity contribution is 7.90. The van der Waals surface area contributed by atoms with Crippen LogP contribution in [0.4, 0.5) is 0 Å². The van der Waals surface area contributed by atoms with E-state index in [1.54, 1.807) is 19.9 Å². The summed E-state index contributed by atoms with van der Waals surface area (Å²) < 4.78 is 58.6. The van der Waals surface area contributed by atoms with Gasteiger partial charge in [0.2, 0.25) is 0 Å². The van der Waals surface area contributed by atoms with E-state index in [4.69, 9.17) is 8.37 Å². The summed E-state index contributed by atoms with van der Waals surface area (Å²) in [6, 6.07) is 4.15. The lowest BCUT2D eigenvalue weighted by Gasteiger charge is -2.12. The molecule has 0 atom stereocenters. The molecule has 0 radical (unpaired) electrons. The molecule has 0 fully saturated rings. The summed E-state index contributed by atoms with van der Waals surface area (Å²) in [6.45, 7) is 5.36. The fourth-order valence-electron chi connectivity index (χ4n) is 1.69. The second-order valence-corrected chi connectivity index (χ2v) is 7.85. The van der Waals surface area contributed by atoms with Gasteiger partial charge in [-0.05, 0) is 37.0 Å². The van der Waals surface area contributed by atoms with Crippen molar-refractivity contribution in [1.82, 2.24) is 0 Å². The van der Waals surface area contributed by atoms with Crippen LogP contribution in [0.25, 0.3) is 0 Å². The second kappa shape index (κ2) is 8.05. The molecule has 1 rings (SSSR count). The Morgan fingerprint density at radius 2 is 1.32 bits per heavy atom. The van der Waals surface area contributed by atoms with Gasteiger partial charge in [0.25, 0.3) is 20.2 Å². The van der Waals surface area contributed by atoms with Crippen molar-refractivity contribution in [3.63, 3.8) is 0 Å². The molecule has 0 aliphatic heterocycles. The molecule has 1 aromatic rings. The molecule has 0 heterocycles. The van der Waals surface area contributed by atoms with E-state index in [2.05, 4.69) is 0 Å². The molecule has 6 nitrogen and oxygen atoms in total. The van der Waals surface area contributed by atoms with E-state index in [-0.39, 0.29) is 23.0 Å².